The van der Waals surface area contributed by atoms with E-state index in [0.29, 0.717) is 19.1 Å². The molecule has 94 valence electrons. The zero-order valence-corrected chi connectivity index (χ0v) is 13.7. The van der Waals surface area contributed by atoms with Crippen molar-refractivity contribution in [2.24, 2.45) is 0 Å². The maximum atomic E-state index is 12.3. The summed E-state index contributed by atoms with van der Waals surface area (Å²) in [5, 5.41) is 0. The van der Waals surface area contributed by atoms with Crippen LogP contribution in [0.4, 0.5) is 12.9 Å². The van der Waals surface area contributed by atoms with Crippen LogP contribution in [0.3, 0.4) is 0 Å². The molecule has 7 heteroatoms. The zero-order chi connectivity index (χ0) is 11.6. The minimum absolute atomic E-state index is 0. The first kappa shape index (κ1) is 16.5. The van der Waals surface area contributed by atoms with E-state index in [-0.39, 0.29) is 51.4 Å². The summed E-state index contributed by atoms with van der Waals surface area (Å²) in [6.45, 7) is -1.27. The second-order valence-electron chi connectivity index (χ2n) is 5.01. The fourth-order valence-corrected chi connectivity index (χ4v) is 2.85. The summed E-state index contributed by atoms with van der Waals surface area (Å²) in [7, 11) is 0. The Balaban J connectivity index is 0.00000144. The van der Waals surface area contributed by atoms with Crippen LogP contribution in [0.15, 0.2) is 0 Å². The van der Waals surface area contributed by atoms with Crippen molar-refractivity contribution < 1.29 is 64.3 Å². The van der Waals surface area contributed by atoms with Crippen LogP contribution >= 0.6 is 0 Å². The Morgan fingerprint density at radius 2 is 1.65 bits per heavy atom. The second kappa shape index (κ2) is 7.26. The van der Waals surface area contributed by atoms with Gasteiger partial charge in [0, 0.05) is 12.6 Å². The fraction of sp³-hybridized carbons (Fsp3) is 1.00. The van der Waals surface area contributed by atoms with Gasteiger partial charge in [0.2, 0.25) is 0 Å². The van der Waals surface area contributed by atoms with Gasteiger partial charge >= 0.3 is 58.4 Å². The Hall–Kier alpha value is 1.41. The number of hydrogen-bond acceptors (Lipinski definition) is 2. The standard InChI is InChI=1S/C10H19BF3N2.K/c12-11(13,14)9-15-7-4-10(8-15)16-5-2-1-3-6-16;/h10H,1-9H2;/q-1;+1. The van der Waals surface area contributed by atoms with Crippen molar-refractivity contribution in [2.45, 2.75) is 31.7 Å². The van der Waals surface area contributed by atoms with Crippen molar-refractivity contribution in [3.8, 4) is 0 Å². The number of rotatable bonds is 3. The molecule has 1 unspecified atom stereocenters. The third-order valence-electron chi connectivity index (χ3n) is 3.62. The normalized spacial score (nSPS) is 28.1. The predicted octanol–water partition coefficient (Wildman–Crippen LogP) is -1.06. The fourth-order valence-electron chi connectivity index (χ4n) is 2.85. The van der Waals surface area contributed by atoms with Crippen LogP contribution in [0, 0.1) is 0 Å². The number of likely N-dealkylation sites (tertiary alicyclic amines) is 2. The summed E-state index contributed by atoms with van der Waals surface area (Å²) in [4.78, 5) is 3.95. The van der Waals surface area contributed by atoms with Gasteiger partial charge in [-0.1, -0.05) is 6.42 Å². The molecule has 0 N–H and O–H groups in total. The molecule has 2 aliphatic heterocycles. The summed E-state index contributed by atoms with van der Waals surface area (Å²) in [5.41, 5.74) is 0. The van der Waals surface area contributed by atoms with E-state index in [0.717, 1.165) is 19.5 Å². The first-order valence-electron chi connectivity index (χ1n) is 6.22. The van der Waals surface area contributed by atoms with Crippen LogP contribution in [0.5, 0.6) is 0 Å². The largest absolute Gasteiger partial charge is 1.00 e. The van der Waals surface area contributed by atoms with Crippen LogP contribution in [0.2, 0.25) is 0 Å². The van der Waals surface area contributed by atoms with Crippen LogP contribution < -0.4 is 51.4 Å². The van der Waals surface area contributed by atoms with E-state index in [1.807, 2.05) is 0 Å². The van der Waals surface area contributed by atoms with Gasteiger partial charge in [0.25, 0.3) is 0 Å². The summed E-state index contributed by atoms with van der Waals surface area (Å²) < 4.78 is 36.9. The van der Waals surface area contributed by atoms with E-state index in [2.05, 4.69) is 4.90 Å². The molecule has 0 aliphatic carbocycles. The number of hydrogen-bond donors (Lipinski definition) is 0. The minimum atomic E-state index is -4.65. The second-order valence-corrected chi connectivity index (χ2v) is 5.01. The molecule has 0 amide bonds. The predicted molar refractivity (Wildman–Crippen MR) is 59.3 cm³/mol. The Morgan fingerprint density at radius 1 is 1.00 bits per heavy atom. The third-order valence-corrected chi connectivity index (χ3v) is 3.62. The van der Waals surface area contributed by atoms with E-state index in [1.54, 1.807) is 4.90 Å². The Kier molecular flexibility index (Phi) is 7.03. The molecule has 0 aromatic rings. The molecule has 2 saturated heterocycles. The van der Waals surface area contributed by atoms with Gasteiger partial charge in [-0.15, -0.1) is 0 Å². The van der Waals surface area contributed by atoms with Gasteiger partial charge in [0.15, 0.2) is 0 Å². The van der Waals surface area contributed by atoms with Crippen molar-refractivity contribution >= 4 is 6.98 Å². The number of piperidine rings is 1. The SMILES string of the molecule is F[B-](F)(F)CN1CCC(N2CCCCC2)C1.[K+]. The van der Waals surface area contributed by atoms with E-state index >= 15 is 0 Å². The molecule has 0 radical (unpaired) electrons. The molecule has 2 rings (SSSR count). The summed E-state index contributed by atoms with van der Waals surface area (Å²) in [5.74, 6) is 0. The molecular formula is C10H19BF3KN2. The molecular weight excluding hydrogens is 255 g/mol. The van der Waals surface area contributed by atoms with Crippen molar-refractivity contribution in [3.63, 3.8) is 0 Å². The van der Waals surface area contributed by atoms with E-state index in [9.17, 15) is 12.9 Å². The van der Waals surface area contributed by atoms with Crippen molar-refractivity contribution in [3.05, 3.63) is 0 Å². The first-order valence-corrected chi connectivity index (χ1v) is 6.22. The molecule has 0 aromatic carbocycles. The molecule has 0 spiro atoms. The average molecular weight is 274 g/mol. The summed E-state index contributed by atoms with van der Waals surface area (Å²) in [6.07, 6.45) is 3.93. The number of nitrogens with zero attached hydrogens (tertiary/aromatic N) is 2. The molecule has 0 saturated carbocycles. The van der Waals surface area contributed by atoms with E-state index in [4.69, 9.17) is 0 Å². The van der Waals surface area contributed by atoms with Gasteiger partial charge in [-0.05, 0) is 45.3 Å². The molecule has 1 atom stereocenters. The first-order chi connectivity index (χ1) is 7.54. The molecule has 2 nitrogen and oxygen atoms in total. The van der Waals surface area contributed by atoms with Gasteiger partial charge in [0.05, 0.1) is 0 Å². The maximum absolute atomic E-state index is 12.3. The van der Waals surface area contributed by atoms with Crippen molar-refractivity contribution in [1.82, 2.24) is 9.80 Å². The molecule has 17 heavy (non-hydrogen) atoms. The zero-order valence-electron chi connectivity index (χ0n) is 10.5. The van der Waals surface area contributed by atoms with Gasteiger partial charge in [-0.2, -0.15) is 0 Å². The third kappa shape index (κ3) is 5.50. The van der Waals surface area contributed by atoms with Crippen LogP contribution in [0.1, 0.15) is 25.7 Å². The summed E-state index contributed by atoms with van der Waals surface area (Å²) in [6, 6.07) is 0.374. The van der Waals surface area contributed by atoms with Crippen LogP contribution in [-0.4, -0.2) is 55.4 Å². The summed E-state index contributed by atoms with van der Waals surface area (Å²) >= 11 is 0. The van der Waals surface area contributed by atoms with E-state index in [1.165, 1.54) is 19.3 Å². The van der Waals surface area contributed by atoms with Crippen molar-refractivity contribution in [2.75, 3.05) is 32.6 Å². The van der Waals surface area contributed by atoms with Crippen LogP contribution in [0.25, 0.3) is 0 Å². The molecule has 2 fully saturated rings. The monoisotopic (exact) mass is 274 g/mol. The Morgan fingerprint density at radius 3 is 2.24 bits per heavy atom. The Bertz CT molecular complexity index is 234. The van der Waals surface area contributed by atoms with Gasteiger partial charge in [0.1, 0.15) is 0 Å². The molecule has 2 aliphatic rings. The molecule has 0 bridgehead atoms. The van der Waals surface area contributed by atoms with E-state index < -0.39 is 13.4 Å². The molecule has 0 aromatic heterocycles. The topological polar surface area (TPSA) is 6.48 Å². The smallest absolute Gasteiger partial charge is 0.448 e. The number of halogens is 3. The van der Waals surface area contributed by atoms with Crippen molar-refractivity contribution in [1.29, 1.82) is 0 Å². The van der Waals surface area contributed by atoms with Gasteiger partial charge < -0.3 is 17.8 Å². The minimum Gasteiger partial charge on any atom is -0.448 e. The Labute approximate surface area is 144 Å². The quantitative estimate of drug-likeness (QED) is 0.605. The average Bonchev–Trinajstić information content (AvgIpc) is 2.65. The van der Waals surface area contributed by atoms with Gasteiger partial charge in [-0.25, -0.2) is 0 Å². The van der Waals surface area contributed by atoms with Crippen LogP contribution in [-0.2, 0) is 0 Å². The molecule has 2 heterocycles. The van der Waals surface area contributed by atoms with Gasteiger partial charge in [-0.3, -0.25) is 4.90 Å². The maximum Gasteiger partial charge on any atom is 1.00 e.